The zero-order chi connectivity index (χ0) is 13.9. The summed E-state index contributed by atoms with van der Waals surface area (Å²) in [5.74, 6) is -2.36. The van der Waals surface area contributed by atoms with Crippen molar-refractivity contribution >= 4 is 19.3 Å². The fourth-order valence-corrected chi connectivity index (χ4v) is 1.84. The number of carbonyl (C=O) groups excluding carboxylic acids is 2. The summed E-state index contributed by atoms with van der Waals surface area (Å²) in [5.41, 5.74) is 0. The maximum absolute atomic E-state index is 11.1. The fraction of sp³-hybridized carbons (Fsp3) is 0.714. The molecule has 0 spiro atoms. The second kappa shape index (κ2) is 5.67. The van der Waals surface area contributed by atoms with Crippen LogP contribution in [0.1, 0.15) is 13.3 Å². The third kappa shape index (κ3) is 4.15. The Hall–Kier alpha value is -0.830. The summed E-state index contributed by atoms with van der Waals surface area (Å²) in [6, 6.07) is 0. The fourth-order valence-electron chi connectivity index (χ4n) is 1.03. The molecule has 10 heteroatoms. The van der Waals surface area contributed by atoms with Crippen molar-refractivity contribution in [1.82, 2.24) is 5.32 Å². The van der Waals surface area contributed by atoms with E-state index < -0.39 is 43.9 Å². The van der Waals surface area contributed by atoms with E-state index in [9.17, 15) is 19.3 Å². The number of hydrogen-bond donors (Lipinski definition) is 6. The summed E-state index contributed by atoms with van der Waals surface area (Å²) >= 11 is 0. The molecule has 17 heavy (non-hydrogen) atoms. The lowest BCUT2D eigenvalue weighted by molar-refractivity contribution is -0.158. The zero-order valence-corrected chi connectivity index (χ0v) is 9.79. The molecule has 100 valence electrons. The van der Waals surface area contributed by atoms with Crippen molar-refractivity contribution in [3.8, 4) is 0 Å². The molecule has 0 aliphatic rings. The smallest absolute Gasteiger partial charge is 0.364 e. The van der Waals surface area contributed by atoms with Crippen molar-refractivity contribution in [2.45, 2.75) is 25.0 Å². The van der Waals surface area contributed by atoms with Crippen LogP contribution in [-0.2, 0) is 14.2 Å². The van der Waals surface area contributed by atoms with Crippen molar-refractivity contribution in [3.63, 3.8) is 0 Å². The molecular weight excluding hydrogens is 257 g/mol. The topological polar surface area (TPSA) is 164 Å². The molecule has 0 aromatic heterocycles. The van der Waals surface area contributed by atoms with Crippen molar-refractivity contribution < 1.29 is 39.3 Å². The van der Waals surface area contributed by atoms with Crippen molar-refractivity contribution in [2.24, 2.45) is 0 Å². The Labute approximate surface area is 96.2 Å². The van der Waals surface area contributed by atoms with Crippen LogP contribution in [0.4, 0.5) is 0 Å². The maximum atomic E-state index is 11.1. The van der Waals surface area contributed by atoms with Crippen molar-refractivity contribution in [1.29, 1.82) is 0 Å². The summed E-state index contributed by atoms with van der Waals surface area (Å²) in [6.45, 7) is 0.717. The van der Waals surface area contributed by atoms with Crippen LogP contribution in [0, 0.1) is 0 Å². The Morgan fingerprint density at radius 3 is 2.12 bits per heavy atom. The molecule has 0 bridgehead atoms. The van der Waals surface area contributed by atoms with E-state index in [4.69, 9.17) is 20.0 Å². The predicted molar refractivity (Wildman–Crippen MR) is 53.5 cm³/mol. The van der Waals surface area contributed by atoms with E-state index in [2.05, 4.69) is 5.32 Å². The van der Waals surface area contributed by atoms with Gasteiger partial charge >= 0.3 is 7.60 Å². The van der Waals surface area contributed by atoms with E-state index in [1.54, 1.807) is 0 Å². The SMILES string of the molecule is CC(=O)NCCC(O)(C(=O)C(O)O)P(=O)(O)O. The first-order chi connectivity index (χ1) is 7.52. The van der Waals surface area contributed by atoms with E-state index in [0.717, 1.165) is 6.92 Å². The molecule has 0 aliphatic heterocycles. The number of aliphatic hydroxyl groups is 3. The molecule has 6 N–H and O–H groups in total. The number of aliphatic hydroxyl groups excluding tert-OH is 1. The Kier molecular flexibility index (Phi) is 5.40. The Bertz CT molecular complexity index is 350. The average molecular weight is 271 g/mol. The highest BCUT2D eigenvalue weighted by atomic mass is 31.2. The third-order valence-corrected chi connectivity index (χ3v) is 3.37. The van der Waals surface area contributed by atoms with Gasteiger partial charge in [0.25, 0.3) is 0 Å². The van der Waals surface area contributed by atoms with Crippen LogP contribution in [0.5, 0.6) is 0 Å². The minimum atomic E-state index is -5.32. The van der Waals surface area contributed by atoms with Gasteiger partial charge in [-0.3, -0.25) is 14.2 Å². The normalized spacial score (nSPS) is 15.5. The number of hydrogen-bond acceptors (Lipinski definition) is 6. The molecule has 1 amide bonds. The van der Waals surface area contributed by atoms with Crippen LogP contribution in [0.25, 0.3) is 0 Å². The summed E-state index contributed by atoms with van der Waals surface area (Å²) < 4.78 is 11.0. The van der Waals surface area contributed by atoms with Gasteiger partial charge in [-0.15, -0.1) is 0 Å². The first kappa shape index (κ1) is 16.2. The monoisotopic (exact) mass is 271 g/mol. The van der Waals surface area contributed by atoms with Gasteiger partial charge in [0.15, 0.2) is 0 Å². The third-order valence-electron chi connectivity index (χ3n) is 1.96. The van der Waals surface area contributed by atoms with E-state index >= 15 is 0 Å². The summed E-state index contributed by atoms with van der Waals surface area (Å²) in [7, 11) is -5.32. The number of amides is 1. The summed E-state index contributed by atoms with van der Waals surface area (Å²) in [6.07, 6.45) is -3.56. The van der Waals surface area contributed by atoms with Gasteiger partial charge in [-0.25, -0.2) is 0 Å². The van der Waals surface area contributed by atoms with Gasteiger partial charge in [-0.2, -0.15) is 0 Å². The molecule has 0 fully saturated rings. The first-order valence-electron chi connectivity index (χ1n) is 4.45. The van der Waals surface area contributed by atoms with Gasteiger partial charge in [-0.05, 0) is 0 Å². The molecule has 0 aromatic carbocycles. The lowest BCUT2D eigenvalue weighted by Crippen LogP contribution is -2.46. The summed E-state index contributed by atoms with van der Waals surface area (Å²) in [5, 5.41) is 25.5. The van der Waals surface area contributed by atoms with Crippen LogP contribution in [0.15, 0.2) is 0 Å². The van der Waals surface area contributed by atoms with Gasteiger partial charge in [0.1, 0.15) is 0 Å². The van der Waals surface area contributed by atoms with Crippen LogP contribution in [-0.4, -0.2) is 55.0 Å². The second-order valence-corrected chi connectivity index (χ2v) is 5.16. The minimum absolute atomic E-state index is 0.407. The number of rotatable bonds is 6. The molecule has 0 aromatic rings. The quantitative estimate of drug-likeness (QED) is 0.223. The molecule has 0 saturated carbocycles. The molecular formula is C7H14NO8P. The molecule has 1 atom stereocenters. The van der Waals surface area contributed by atoms with Gasteiger partial charge in [0.2, 0.25) is 23.3 Å². The molecule has 0 rings (SSSR count). The van der Waals surface area contributed by atoms with Crippen molar-refractivity contribution in [2.75, 3.05) is 6.54 Å². The van der Waals surface area contributed by atoms with E-state index in [1.807, 2.05) is 0 Å². The number of Topliss-reactive ketones (excluding diaryl/α,β-unsaturated/α-hetero) is 1. The van der Waals surface area contributed by atoms with Gasteiger partial charge in [-0.1, -0.05) is 0 Å². The number of carbonyl (C=O) groups is 2. The Morgan fingerprint density at radius 1 is 1.35 bits per heavy atom. The summed E-state index contributed by atoms with van der Waals surface area (Å²) in [4.78, 5) is 39.3. The number of nitrogens with one attached hydrogen (secondary N) is 1. The van der Waals surface area contributed by atoms with Crippen LogP contribution in [0.3, 0.4) is 0 Å². The lowest BCUT2D eigenvalue weighted by Gasteiger charge is -2.27. The average Bonchev–Trinajstić information content (AvgIpc) is 2.13. The van der Waals surface area contributed by atoms with Crippen LogP contribution in [0.2, 0.25) is 0 Å². The lowest BCUT2D eigenvalue weighted by atomic mass is 10.1. The Balaban J connectivity index is 4.94. The molecule has 1 unspecified atom stereocenters. The predicted octanol–water partition coefficient (Wildman–Crippen LogP) is -2.74. The highest BCUT2D eigenvalue weighted by molar-refractivity contribution is 7.54. The molecule has 0 aliphatic carbocycles. The Morgan fingerprint density at radius 2 is 1.82 bits per heavy atom. The van der Waals surface area contributed by atoms with E-state index in [-0.39, 0.29) is 0 Å². The second-order valence-electron chi connectivity index (χ2n) is 3.33. The molecule has 0 heterocycles. The van der Waals surface area contributed by atoms with E-state index in [0.29, 0.717) is 0 Å². The standard InChI is InChI=1S/C7H14NO8P/c1-4(9)8-3-2-7(13,17(14,15)16)5(10)6(11)12/h6,11-13H,2-3H2,1H3,(H,8,9)(H2,14,15,16). The highest BCUT2D eigenvalue weighted by Crippen LogP contribution is 2.51. The van der Waals surface area contributed by atoms with Gasteiger partial charge < -0.3 is 30.4 Å². The number of ketones is 1. The molecule has 9 nitrogen and oxygen atoms in total. The molecule has 0 saturated heterocycles. The minimum Gasteiger partial charge on any atom is -0.371 e. The van der Waals surface area contributed by atoms with E-state index in [1.165, 1.54) is 0 Å². The van der Waals surface area contributed by atoms with Gasteiger partial charge in [0.05, 0.1) is 0 Å². The first-order valence-corrected chi connectivity index (χ1v) is 6.06. The zero-order valence-electron chi connectivity index (χ0n) is 8.90. The molecule has 0 radical (unpaired) electrons. The van der Waals surface area contributed by atoms with Crippen molar-refractivity contribution in [3.05, 3.63) is 0 Å². The maximum Gasteiger partial charge on any atom is 0.364 e. The largest absolute Gasteiger partial charge is 0.371 e. The highest BCUT2D eigenvalue weighted by Gasteiger charge is 2.53. The van der Waals surface area contributed by atoms with Gasteiger partial charge in [0, 0.05) is 19.9 Å². The van der Waals surface area contributed by atoms with Crippen LogP contribution < -0.4 is 5.32 Å². The van der Waals surface area contributed by atoms with Crippen LogP contribution >= 0.6 is 7.60 Å².